The molecule has 0 bridgehead atoms. The summed E-state index contributed by atoms with van der Waals surface area (Å²) in [5.74, 6) is 0.812. The molecule has 1 unspecified atom stereocenters. The van der Waals surface area contributed by atoms with E-state index in [0.717, 1.165) is 28.1 Å². The van der Waals surface area contributed by atoms with Gasteiger partial charge in [-0.1, -0.05) is 48.5 Å². The number of pyridine rings is 1. The molecule has 1 atom stereocenters. The van der Waals surface area contributed by atoms with E-state index in [1.165, 1.54) is 0 Å². The van der Waals surface area contributed by atoms with Gasteiger partial charge in [0.2, 0.25) is 0 Å². The Labute approximate surface area is 176 Å². The van der Waals surface area contributed by atoms with E-state index < -0.39 is 0 Å². The highest BCUT2D eigenvalue weighted by Crippen LogP contribution is 2.32. The third kappa shape index (κ3) is 4.51. The van der Waals surface area contributed by atoms with Gasteiger partial charge in [0.15, 0.2) is 0 Å². The van der Waals surface area contributed by atoms with Crippen LogP contribution in [0.3, 0.4) is 0 Å². The lowest BCUT2D eigenvalue weighted by molar-refractivity contribution is 0.108. The lowest BCUT2D eigenvalue weighted by Gasteiger charge is -2.31. The van der Waals surface area contributed by atoms with E-state index >= 15 is 0 Å². The van der Waals surface area contributed by atoms with E-state index in [0.29, 0.717) is 19.6 Å². The normalized spacial score (nSPS) is 14.8. The molecule has 152 valence electrons. The highest BCUT2D eigenvalue weighted by Gasteiger charge is 2.30. The molecule has 1 amide bonds. The first-order valence-electron chi connectivity index (χ1n) is 10.1. The largest absolute Gasteiger partial charge is 0.489 e. The number of hydrogen-bond donors (Lipinski definition) is 0. The van der Waals surface area contributed by atoms with Crippen LogP contribution in [0.5, 0.6) is 5.75 Å². The molecule has 4 rings (SSSR count). The zero-order chi connectivity index (χ0) is 20.8. The molecule has 0 saturated heterocycles. The second-order valence-corrected chi connectivity index (χ2v) is 7.04. The van der Waals surface area contributed by atoms with Gasteiger partial charge in [-0.3, -0.25) is 9.88 Å². The molecule has 5 nitrogen and oxygen atoms in total. The van der Waals surface area contributed by atoms with Crippen LogP contribution < -0.4 is 4.74 Å². The van der Waals surface area contributed by atoms with E-state index in [4.69, 9.17) is 9.47 Å². The van der Waals surface area contributed by atoms with Crippen LogP contribution in [0.1, 0.15) is 35.3 Å². The van der Waals surface area contributed by atoms with Crippen LogP contribution in [0.4, 0.5) is 4.79 Å². The second-order valence-electron chi connectivity index (χ2n) is 7.04. The number of carbonyl (C=O) groups is 1. The van der Waals surface area contributed by atoms with Crippen LogP contribution in [0, 0.1) is 0 Å². The third-order valence-electron chi connectivity index (χ3n) is 5.02. The molecule has 0 aliphatic carbocycles. The first kappa shape index (κ1) is 19.7. The van der Waals surface area contributed by atoms with E-state index in [1.54, 1.807) is 24.2 Å². The maximum Gasteiger partial charge on any atom is 0.414 e. The number of carbonyl (C=O) groups excluding carboxylic acids is 1. The molecule has 2 heterocycles. The van der Waals surface area contributed by atoms with Crippen LogP contribution in [0.2, 0.25) is 0 Å². The quantitative estimate of drug-likeness (QED) is 0.557. The van der Waals surface area contributed by atoms with Gasteiger partial charge in [-0.15, -0.1) is 0 Å². The van der Waals surface area contributed by atoms with Crippen molar-refractivity contribution in [3.05, 3.63) is 102 Å². The van der Waals surface area contributed by atoms with E-state index in [-0.39, 0.29) is 12.1 Å². The molecule has 0 saturated carbocycles. The Morgan fingerprint density at radius 2 is 1.80 bits per heavy atom. The average Bonchev–Trinajstić information content (AvgIpc) is 2.79. The van der Waals surface area contributed by atoms with Gasteiger partial charge in [0.1, 0.15) is 12.4 Å². The average molecular weight is 400 g/mol. The minimum absolute atomic E-state index is 0.221. The van der Waals surface area contributed by atoms with Gasteiger partial charge < -0.3 is 9.47 Å². The Morgan fingerprint density at radius 1 is 1.00 bits per heavy atom. The molecule has 0 N–H and O–H groups in total. The predicted molar refractivity (Wildman–Crippen MR) is 116 cm³/mol. The maximum absolute atomic E-state index is 12.5. The second kappa shape index (κ2) is 9.27. The molecule has 1 aliphatic rings. The molecule has 2 aromatic carbocycles. The Kier molecular flexibility index (Phi) is 6.09. The van der Waals surface area contributed by atoms with Gasteiger partial charge in [-0.2, -0.15) is 0 Å². The number of benzene rings is 2. The summed E-state index contributed by atoms with van der Waals surface area (Å²) in [6, 6.07) is 21.8. The van der Waals surface area contributed by atoms with Gasteiger partial charge in [0.25, 0.3) is 0 Å². The molecule has 0 spiro atoms. The number of fused-ring (bicyclic) bond motifs is 1. The lowest BCUT2D eigenvalue weighted by atomic mass is 9.96. The highest BCUT2D eigenvalue weighted by molar-refractivity contribution is 5.73. The van der Waals surface area contributed by atoms with Crippen molar-refractivity contribution in [1.82, 2.24) is 9.88 Å². The van der Waals surface area contributed by atoms with Crippen molar-refractivity contribution in [2.24, 2.45) is 0 Å². The van der Waals surface area contributed by atoms with Crippen LogP contribution in [0.15, 0.2) is 79.1 Å². The van der Waals surface area contributed by atoms with Gasteiger partial charge in [0.05, 0.1) is 18.3 Å². The van der Waals surface area contributed by atoms with Gasteiger partial charge in [-0.25, -0.2) is 4.79 Å². The van der Waals surface area contributed by atoms with Crippen LogP contribution in [-0.4, -0.2) is 22.6 Å². The summed E-state index contributed by atoms with van der Waals surface area (Å²) < 4.78 is 11.1. The number of hydrogen-bond acceptors (Lipinski definition) is 4. The van der Waals surface area contributed by atoms with Crippen LogP contribution in [-0.2, 0) is 17.8 Å². The number of aromatic nitrogens is 1. The third-order valence-corrected chi connectivity index (χ3v) is 5.02. The minimum Gasteiger partial charge on any atom is -0.489 e. The Morgan fingerprint density at radius 3 is 2.57 bits per heavy atom. The molecule has 3 aromatic rings. The van der Waals surface area contributed by atoms with Crippen molar-refractivity contribution in [1.29, 1.82) is 0 Å². The Balaban J connectivity index is 1.49. The monoisotopic (exact) mass is 400 g/mol. The smallest absolute Gasteiger partial charge is 0.414 e. The predicted octanol–water partition coefficient (Wildman–Crippen LogP) is 5.39. The molecule has 30 heavy (non-hydrogen) atoms. The summed E-state index contributed by atoms with van der Waals surface area (Å²) in [5, 5.41) is 0. The number of rotatable bonds is 6. The zero-order valence-corrected chi connectivity index (χ0v) is 16.9. The highest BCUT2D eigenvalue weighted by atomic mass is 16.6. The summed E-state index contributed by atoms with van der Waals surface area (Å²) in [6.45, 7) is 2.67. The standard InChI is InChI=1S/C25H24N2O3/c1-2-29-25(28)27-16-14-21-9-6-15-26-24(21)23(27)17-19-10-12-22(13-11-19)30-18-20-7-4-3-5-8-20/h3-16,23H,2,17-18H2,1H3. The van der Waals surface area contributed by atoms with Crippen molar-refractivity contribution in [3.63, 3.8) is 0 Å². The fourth-order valence-corrected chi connectivity index (χ4v) is 3.51. The summed E-state index contributed by atoms with van der Waals surface area (Å²) in [7, 11) is 0. The Hall–Kier alpha value is -3.60. The lowest BCUT2D eigenvalue weighted by Crippen LogP contribution is -2.34. The molecule has 1 aromatic heterocycles. The van der Waals surface area contributed by atoms with Gasteiger partial charge in [-0.05, 0) is 54.3 Å². The minimum atomic E-state index is -0.363. The molecule has 0 radical (unpaired) electrons. The first-order chi connectivity index (χ1) is 14.7. The molecular weight excluding hydrogens is 376 g/mol. The fraction of sp³-hybridized carbons (Fsp3) is 0.200. The SMILES string of the molecule is CCOC(=O)N1C=Cc2cccnc2C1Cc1ccc(OCc2ccccc2)cc1. The molecule has 1 aliphatic heterocycles. The van der Waals surface area contributed by atoms with Gasteiger partial charge >= 0.3 is 6.09 Å². The van der Waals surface area contributed by atoms with Crippen molar-refractivity contribution in [2.45, 2.75) is 26.0 Å². The first-order valence-corrected chi connectivity index (χ1v) is 10.1. The maximum atomic E-state index is 12.5. The van der Waals surface area contributed by atoms with E-state index in [2.05, 4.69) is 4.98 Å². The van der Waals surface area contributed by atoms with Crippen molar-refractivity contribution in [3.8, 4) is 5.75 Å². The summed E-state index contributed by atoms with van der Waals surface area (Å²) >= 11 is 0. The van der Waals surface area contributed by atoms with Crippen LogP contribution in [0.25, 0.3) is 6.08 Å². The summed E-state index contributed by atoms with van der Waals surface area (Å²) in [5.41, 5.74) is 4.11. The molecular formula is C25H24N2O3. The van der Waals surface area contributed by atoms with E-state index in [9.17, 15) is 4.79 Å². The van der Waals surface area contributed by atoms with Crippen molar-refractivity contribution >= 4 is 12.2 Å². The number of ether oxygens (including phenoxy) is 2. The van der Waals surface area contributed by atoms with Crippen molar-refractivity contribution in [2.75, 3.05) is 6.61 Å². The number of nitrogens with zero attached hydrogens (tertiary/aromatic N) is 2. The fourth-order valence-electron chi connectivity index (χ4n) is 3.51. The van der Waals surface area contributed by atoms with Gasteiger partial charge in [0, 0.05) is 12.4 Å². The molecule has 5 heteroatoms. The summed E-state index contributed by atoms with van der Waals surface area (Å²) in [4.78, 5) is 18.7. The van der Waals surface area contributed by atoms with Crippen LogP contribution >= 0.6 is 0 Å². The molecule has 0 fully saturated rings. The van der Waals surface area contributed by atoms with Crippen molar-refractivity contribution < 1.29 is 14.3 Å². The van der Waals surface area contributed by atoms with E-state index in [1.807, 2.05) is 72.8 Å². The zero-order valence-electron chi connectivity index (χ0n) is 16.9. The topological polar surface area (TPSA) is 51.7 Å². The summed E-state index contributed by atoms with van der Waals surface area (Å²) in [6.07, 6.45) is 5.71. The Bertz CT molecular complexity index is 1020. The number of amides is 1.